The third-order valence-electron chi connectivity index (χ3n) is 1.07. The van der Waals surface area contributed by atoms with Crippen LogP contribution >= 0.6 is 0 Å². The van der Waals surface area contributed by atoms with Gasteiger partial charge in [-0.2, -0.15) is 5.21 Å². The van der Waals surface area contributed by atoms with E-state index in [2.05, 4.69) is 15.4 Å². The van der Waals surface area contributed by atoms with Crippen molar-refractivity contribution < 1.29 is 9.90 Å². The van der Waals surface area contributed by atoms with Crippen LogP contribution in [0.4, 0.5) is 5.82 Å². The second kappa shape index (κ2) is 2.54. The van der Waals surface area contributed by atoms with Gasteiger partial charge >= 0.3 is 5.97 Å². The average molecular weight is 157 g/mol. The quantitative estimate of drug-likeness (QED) is 0.368. The third-order valence-corrected chi connectivity index (χ3v) is 1.07. The first-order valence-corrected chi connectivity index (χ1v) is 2.75. The summed E-state index contributed by atoms with van der Waals surface area (Å²) in [5.41, 5.74) is -0.185. The Morgan fingerprint density at radius 1 is 1.73 bits per heavy atom. The van der Waals surface area contributed by atoms with E-state index >= 15 is 0 Å². The molecule has 0 amide bonds. The van der Waals surface area contributed by atoms with Crippen LogP contribution in [-0.2, 0) is 0 Å². The van der Waals surface area contributed by atoms with Crippen molar-refractivity contribution in [2.75, 3.05) is 12.1 Å². The number of carboxylic acids is 1. The Kier molecular flexibility index (Phi) is 1.73. The summed E-state index contributed by atoms with van der Waals surface area (Å²) in [7, 11) is 1.48. The summed E-state index contributed by atoms with van der Waals surface area (Å²) in [6.07, 6.45) is 0. The minimum absolute atomic E-state index is 0.109. The normalized spacial score (nSPS) is 9.64. The molecule has 7 nitrogen and oxygen atoms in total. The molecule has 0 aliphatic heterocycles. The smallest absolute Gasteiger partial charge is 0.360 e. The van der Waals surface area contributed by atoms with E-state index in [0.29, 0.717) is 0 Å². The Balaban J connectivity index is 3.06. The van der Waals surface area contributed by atoms with E-state index in [1.54, 1.807) is 0 Å². The van der Waals surface area contributed by atoms with E-state index in [4.69, 9.17) is 10.9 Å². The Morgan fingerprint density at radius 3 is 2.73 bits per heavy atom. The zero-order chi connectivity index (χ0) is 8.43. The molecule has 1 rings (SSSR count). The van der Waals surface area contributed by atoms with Gasteiger partial charge in [-0.1, -0.05) is 0 Å². The number of aromatic amines is 1. The first-order valence-electron chi connectivity index (χ1n) is 2.75. The molecular weight excluding hydrogens is 150 g/mol. The number of carbonyl (C=O) groups is 1. The Labute approximate surface area is 61.8 Å². The number of aromatic nitrogens is 3. The number of aromatic carboxylic acids is 1. The molecule has 0 radical (unpaired) electrons. The molecule has 0 saturated carbocycles. The fourth-order valence-electron chi connectivity index (χ4n) is 0.615. The minimum atomic E-state index is -1.16. The van der Waals surface area contributed by atoms with E-state index < -0.39 is 5.97 Å². The van der Waals surface area contributed by atoms with Gasteiger partial charge in [0.05, 0.1) is 0 Å². The van der Waals surface area contributed by atoms with Gasteiger partial charge in [-0.15, -0.1) is 10.2 Å². The van der Waals surface area contributed by atoms with Crippen LogP contribution in [-0.4, -0.2) is 33.5 Å². The highest BCUT2D eigenvalue weighted by atomic mass is 16.4. The molecule has 7 heteroatoms. The lowest BCUT2D eigenvalue weighted by Gasteiger charge is -2.06. The molecule has 0 fully saturated rings. The van der Waals surface area contributed by atoms with Crippen molar-refractivity contribution in [1.29, 1.82) is 0 Å². The van der Waals surface area contributed by atoms with E-state index in [9.17, 15) is 4.79 Å². The van der Waals surface area contributed by atoms with Crippen molar-refractivity contribution in [3.8, 4) is 0 Å². The first kappa shape index (κ1) is 7.48. The molecule has 0 aromatic carbocycles. The summed E-state index contributed by atoms with van der Waals surface area (Å²) >= 11 is 0. The molecule has 0 saturated heterocycles. The molecule has 1 heterocycles. The van der Waals surface area contributed by atoms with Crippen LogP contribution in [0.15, 0.2) is 0 Å². The van der Waals surface area contributed by atoms with Gasteiger partial charge in [-0.25, -0.2) is 10.6 Å². The molecular formula is C4H7N5O2. The molecule has 1 aromatic rings. The lowest BCUT2D eigenvalue weighted by Crippen LogP contribution is -2.27. The fourth-order valence-corrected chi connectivity index (χ4v) is 0.615. The SMILES string of the molecule is CN(N)c1n[nH]nc1C(=O)O. The number of H-pyrrole nitrogens is 1. The van der Waals surface area contributed by atoms with Crippen LogP contribution in [0.3, 0.4) is 0 Å². The molecule has 0 aliphatic rings. The summed E-state index contributed by atoms with van der Waals surface area (Å²) in [6.45, 7) is 0. The maximum atomic E-state index is 10.4. The molecule has 0 unspecified atom stereocenters. The maximum absolute atomic E-state index is 10.4. The largest absolute Gasteiger partial charge is 0.476 e. The highest BCUT2D eigenvalue weighted by Crippen LogP contribution is 2.08. The van der Waals surface area contributed by atoms with Gasteiger partial charge in [-0.3, -0.25) is 5.01 Å². The van der Waals surface area contributed by atoms with Crippen molar-refractivity contribution in [3.63, 3.8) is 0 Å². The number of nitrogens with two attached hydrogens (primary N) is 1. The molecule has 11 heavy (non-hydrogen) atoms. The molecule has 4 N–H and O–H groups in total. The summed E-state index contributed by atoms with van der Waals surface area (Å²) in [5, 5.41) is 18.6. The monoisotopic (exact) mass is 157 g/mol. The van der Waals surface area contributed by atoms with Crippen molar-refractivity contribution in [2.24, 2.45) is 5.84 Å². The van der Waals surface area contributed by atoms with Crippen LogP contribution in [0.1, 0.15) is 10.5 Å². The van der Waals surface area contributed by atoms with Crippen molar-refractivity contribution in [3.05, 3.63) is 5.69 Å². The van der Waals surface area contributed by atoms with E-state index in [1.165, 1.54) is 7.05 Å². The van der Waals surface area contributed by atoms with Crippen LogP contribution in [0.5, 0.6) is 0 Å². The number of rotatable bonds is 2. The summed E-state index contributed by atoms with van der Waals surface area (Å²) in [6, 6.07) is 0. The number of nitrogens with one attached hydrogen (secondary N) is 1. The summed E-state index contributed by atoms with van der Waals surface area (Å²) < 4.78 is 0. The van der Waals surface area contributed by atoms with Gasteiger partial charge in [0, 0.05) is 7.05 Å². The third kappa shape index (κ3) is 1.27. The molecule has 1 aromatic heterocycles. The minimum Gasteiger partial charge on any atom is -0.476 e. The molecule has 0 aliphatic carbocycles. The zero-order valence-corrected chi connectivity index (χ0v) is 5.77. The number of carboxylic acid groups (broad SMARTS) is 1. The lowest BCUT2D eigenvalue weighted by molar-refractivity contribution is 0.0691. The van der Waals surface area contributed by atoms with Gasteiger partial charge in [0.1, 0.15) is 0 Å². The fraction of sp³-hybridized carbons (Fsp3) is 0.250. The number of hydrogen-bond acceptors (Lipinski definition) is 5. The van der Waals surface area contributed by atoms with Crippen molar-refractivity contribution in [2.45, 2.75) is 0 Å². The Bertz CT molecular complexity index is 267. The number of hydrazine groups is 1. The van der Waals surface area contributed by atoms with Crippen LogP contribution in [0.2, 0.25) is 0 Å². The molecule has 0 spiro atoms. The highest BCUT2D eigenvalue weighted by molar-refractivity contribution is 5.90. The van der Waals surface area contributed by atoms with Crippen LogP contribution < -0.4 is 10.9 Å². The predicted molar refractivity (Wildman–Crippen MR) is 35.9 cm³/mol. The number of nitrogens with zero attached hydrogens (tertiary/aromatic N) is 3. The first-order chi connectivity index (χ1) is 5.13. The highest BCUT2D eigenvalue weighted by Gasteiger charge is 2.16. The molecule has 0 bridgehead atoms. The second-order valence-corrected chi connectivity index (χ2v) is 1.91. The van der Waals surface area contributed by atoms with Crippen molar-refractivity contribution in [1.82, 2.24) is 15.4 Å². The molecule has 0 atom stereocenters. The maximum Gasteiger partial charge on any atom is 0.360 e. The topological polar surface area (TPSA) is 108 Å². The van der Waals surface area contributed by atoms with Gasteiger partial charge in [0.15, 0.2) is 5.82 Å². The van der Waals surface area contributed by atoms with Crippen LogP contribution in [0, 0.1) is 0 Å². The average Bonchev–Trinajstić information content (AvgIpc) is 2.32. The van der Waals surface area contributed by atoms with E-state index in [-0.39, 0.29) is 11.5 Å². The standard InChI is InChI=1S/C4H7N5O2/c1-9(5)3-2(4(10)11)6-8-7-3/h5H2,1H3,(H,10,11)(H,6,7,8). The van der Waals surface area contributed by atoms with E-state index in [1.807, 2.05) is 0 Å². The lowest BCUT2D eigenvalue weighted by atomic mass is 10.4. The summed E-state index contributed by atoms with van der Waals surface area (Å²) in [4.78, 5) is 10.4. The molecule has 60 valence electrons. The van der Waals surface area contributed by atoms with Crippen molar-refractivity contribution >= 4 is 11.8 Å². The Hall–Kier alpha value is -1.63. The van der Waals surface area contributed by atoms with Gasteiger partial charge in [0.25, 0.3) is 0 Å². The second-order valence-electron chi connectivity index (χ2n) is 1.91. The van der Waals surface area contributed by atoms with E-state index in [0.717, 1.165) is 5.01 Å². The zero-order valence-electron chi connectivity index (χ0n) is 5.77. The van der Waals surface area contributed by atoms with Gasteiger partial charge in [-0.05, 0) is 0 Å². The van der Waals surface area contributed by atoms with Gasteiger partial charge in [0.2, 0.25) is 5.69 Å². The number of hydrogen-bond donors (Lipinski definition) is 3. The Morgan fingerprint density at radius 2 is 2.36 bits per heavy atom. The van der Waals surface area contributed by atoms with Crippen LogP contribution in [0.25, 0.3) is 0 Å². The van der Waals surface area contributed by atoms with Gasteiger partial charge < -0.3 is 5.11 Å². The predicted octanol–water partition coefficient (Wildman–Crippen LogP) is -1.19. The number of anilines is 1. The summed E-state index contributed by atoms with van der Waals surface area (Å²) in [5.74, 6) is 4.19.